The molecule has 0 saturated carbocycles. The van der Waals surface area contributed by atoms with Crippen molar-refractivity contribution in [3.8, 4) is 5.75 Å². The highest BCUT2D eigenvalue weighted by atomic mass is 31.2. The molecule has 112 valence electrons. The molecule has 0 aliphatic carbocycles. The third kappa shape index (κ3) is 3.08. The van der Waals surface area contributed by atoms with Crippen LogP contribution in [0.5, 0.6) is 5.75 Å². The maximum absolute atomic E-state index is 12.6. The molecule has 0 saturated heterocycles. The van der Waals surface area contributed by atoms with Crippen molar-refractivity contribution in [1.82, 2.24) is 0 Å². The summed E-state index contributed by atoms with van der Waals surface area (Å²) in [7, 11) is -4.14. The van der Waals surface area contributed by atoms with Gasteiger partial charge in [-0.1, -0.05) is 0 Å². The minimum absolute atomic E-state index is 0.00901. The zero-order valence-corrected chi connectivity index (χ0v) is 12.2. The first-order chi connectivity index (χ1) is 9.32. The fraction of sp³-hybridized carbons (Fsp3) is 0.417. The Morgan fingerprint density at radius 2 is 1.90 bits per heavy atom. The van der Waals surface area contributed by atoms with Gasteiger partial charge in [-0.25, -0.2) is 0 Å². The smallest absolute Gasteiger partial charge is 0.381 e. The fourth-order valence-electron chi connectivity index (χ4n) is 1.64. The van der Waals surface area contributed by atoms with E-state index in [-0.39, 0.29) is 24.3 Å². The predicted octanol–water partition coefficient (Wildman–Crippen LogP) is 1.53. The molecular formula is C12H18NO6P. The molecule has 7 nitrogen and oxygen atoms in total. The molecule has 0 amide bonds. The number of hydrogen-bond acceptors (Lipinski definition) is 7. The lowest BCUT2D eigenvalue weighted by atomic mass is 10.1. The van der Waals surface area contributed by atoms with E-state index < -0.39 is 18.8 Å². The minimum atomic E-state index is -4.14. The topological polar surface area (TPSA) is 119 Å². The zero-order chi connectivity index (χ0) is 15.4. The summed E-state index contributed by atoms with van der Waals surface area (Å²) >= 11 is 0. The van der Waals surface area contributed by atoms with Crippen LogP contribution in [0, 0.1) is 0 Å². The van der Waals surface area contributed by atoms with Crippen molar-refractivity contribution >= 4 is 13.9 Å². The van der Waals surface area contributed by atoms with Crippen molar-refractivity contribution in [1.29, 1.82) is 0 Å². The molecule has 0 heterocycles. The molecule has 0 aromatic heterocycles. The van der Waals surface area contributed by atoms with Gasteiger partial charge in [0.15, 0.2) is 0 Å². The molecule has 1 aromatic rings. The van der Waals surface area contributed by atoms with E-state index in [0.717, 1.165) is 6.07 Å². The number of hydrogen-bond donors (Lipinski definition) is 3. The van der Waals surface area contributed by atoms with Crippen LogP contribution in [-0.2, 0) is 19.1 Å². The van der Waals surface area contributed by atoms with Crippen LogP contribution in [0.1, 0.15) is 29.8 Å². The summed E-state index contributed by atoms with van der Waals surface area (Å²) in [4.78, 5) is 10.8. The largest absolute Gasteiger partial charge is 0.507 e. The molecule has 0 spiro atoms. The van der Waals surface area contributed by atoms with Crippen LogP contribution in [0.3, 0.4) is 0 Å². The number of phenols is 1. The Labute approximate surface area is 116 Å². The van der Waals surface area contributed by atoms with Gasteiger partial charge in [0.1, 0.15) is 12.0 Å². The van der Waals surface area contributed by atoms with Gasteiger partial charge in [-0.05, 0) is 32.0 Å². The average Bonchev–Trinajstić information content (AvgIpc) is 2.39. The van der Waals surface area contributed by atoms with Crippen molar-refractivity contribution < 1.29 is 28.6 Å². The highest BCUT2D eigenvalue weighted by Gasteiger charge is 2.50. The third-order valence-corrected chi connectivity index (χ3v) is 4.84. The van der Waals surface area contributed by atoms with Crippen molar-refractivity contribution in [2.24, 2.45) is 5.73 Å². The van der Waals surface area contributed by atoms with Gasteiger partial charge in [-0.3, -0.25) is 15.1 Å². The number of carbonyl (C=O) groups is 1. The van der Waals surface area contributed by atoms with E-state index in [2.05, 4.69) is 0 Å². The van der Waals surface area contributed by atoms with Gasteiger partial charge in [-0.2, -0.15) is 0 Å². The van der Waals surface area contributed by atoms with Gasteiger partial charge in [0.2, 0.25) is 5.47 Å². The third-order valence-electron chi connectivity index (χ3n) is 2.57. The Kier molecular flexibility index (Phi) is 5.44. The summed E-state index contributed by atoms with van der Waals surface area (Å²) in [5, 5.41) is 20.1. The van der Waals surface area contributed by atoms with E-state index in [9.17, 15) is 19.6 Å². The van der Waals surface area contributed by atoms with Crippen LogP contribution in [0.2, 0.25) is 0 Å². The van der Waals surface area contributed by atoms with Gasteiger partial charge >= 0.3 is 7.60 Å². The van der Waals surface area contributed by atoms with E-state index in [1.54, 1.807) is 13.8 Å². The zero-order valence-electron chi connectivity index (χ0n) is 11.3. The lowest BCUT2D eigenvalue weighted by Gasteiger charge is -2.31. The van der Waals surface area contributed by atoms with Crippen molar-refractivity contribution in [3.05, 3.63) is 29.3 Å². The van der Waals surface area contributed by atoms with Crippen LogP contribution < -0.4 is 5.73 Å². The molecule has 0 unspecified atom stereocenters. The van der Waals surface area contributed by atoms with E-state index in [4.69, 9.17) is 14.8 Å². The van der Waals surface area contributed by atoms with E-state index in [0.29, 0.717) is 6.29 Å². The van der Waals surface area contributed by atoms with E-state index >= 15 is 0 Å². The molecule has 0 fully saturated rings. The molecule has 0 aliphatic heterocycles. The molecule has 20 heavy (non-hydrogen) atoms. The lowest BCUT2D eigenvalue weighted by Crippen LogP contribution is -2.38. The number of aromatic hydroxyl groups is 1. The summed E-state index contributed by atoms with van der Waals surface area (Å²) in [5.74, 6) is -0.416. The summed E-state index contributed by atoms with van der Waals surface area (Å²) in [6.45, 7) is 3.10. The quantitative estimate of drug-likeness (QED) is 0.397. The molecule has 4 N–H and O–H groups in total. The number of carbonyl (C=O) groups excluding carboxylic acids is 1. The van der Waals surface area contributed by atoms with Gasteiger partial charge in [0, 0.05) is 5.56 Å². The second kappa shape index (κ2) is 6.47. The Bertz CT molecular complexity index is 521. The molecule has 1 atom stereocenters. The maximum Gasteiger partial charge on any atom is 0.381 e. The van der Waals surface area contributed by atoms with Gasteiger partial charge in [-0.15, -0.1) is 0 Å². The molecular weight excluding hydrogens is 285 g/mol. The van der Waals surface area contributed by atoms with Gasteiger partial charge in [0.05, 0.1) is 18.8 Å². The van der Waals surface area contributed by atoms with E-state index in [1.165, 1.54) is 12.1 Å². The summed E-state index contributed by atoms with van der Waals surface area (Å²) in [5.41, 5.74) is 2.97. The van der Waals surface area contributed by atoms with Crippen LogP contribution in [0.15, 0.2) is 18.2 Å². The average molecular weight is 303 g/mol. The second-order valence-electron chi connectivity index (χ2n) is 3.95. The number of rotatable bonds is 7. The van der Waals surface area contributed by atoms with Crippen molar-refractivity contribution in [2.75, 3.05) is 13.2 Å². The van der Waals surface area contributed by atoms with E-state index in [1.807, 2.05) is 0 Å². The van der Waals surface area contributed by atoms with Crippen LogP contribution in [0.25, 0.3) is 0 Å². The maximum atomic E-state index is 12.6. The second-order valence-corrected chi connectivity index (χ2v) is 6.15. The van der Waals surface area contributed by atoms with Crippen molar-refractivity contribution in [3.63, 3.8) is 0 Å². The molecule has 8 heteroatoms. The number of phenolic OH excluding ortho intramolecular Hbond substituents is 1. The predicted molar refractivity (Wildman–Crippen MR) is 72.4 cm³/mol. The Morgan fingerprint density at radius 1 is 1.35 bits per heavy atom. The molecule has 1 rings (SSSR count). The Hall–Kier alpha value is -1.24. The Morgan fingerprint density at radius 3 is 2.35 bits per heavy atom. The van der Waals surface area contributed by atoms with Crippen molar-refractivity contribution in [2.45, 2.75) is 19.3 Å². The Balaban J connectivity index is 3.39. The normalized spacial score (nSPS) is 14.8. The molecule has 0 bridgehead atoms. The number of aldehydes is 1. The number of benzene rings is 1. The highest BCUT2D eigenvalue weighted by Crippen LogP contribution is 2.61. The van der Waals surface area contributed by atoms with Gasteiger partial charge in [0.25, 0.3) is 0 Å². The monoisotopic (exact) mass is 303 g/mol. The molecule has 0 radical (unpaired) electrons. The lowest BCUT2D eigenvalue weighted by molar-refractivity contribution is 0.0684. The first-order valence-electron chi connectivity index (χ1n) is 6.01. The number of aliphatic hydroxyl groups is 1. The first-order valence-corrected chi connectivity index (χ1v) is 7.55. The fourth-order valence-corrected chi connectivity index (χ4v) is 3.27. The van der Waals surface area contributed by atoms with Crippen LogP contribution >= 0.6 is 7.60 Å². The summed E-state index contributed by atoms with van der Waals surface area (Å²) in [6, 6.07) is 3.63. The van der Waals surface area contributed by atoms with Crippen LogP contribution in [0.4, 0.5) is 0 Å². The SMILES string of the molecule is CCOP(=O)(OCC)[C@](N)(O)c1cc(C=O)ccc1O. The van der Waals surface area contributed by atoms with Gasteiger partial charge < -0.3 is 19.3 Å². The minimum Gasteiger partial charge on any atom is -0.507 e. The number of nitrogens with two attached hydrogens (primary N) is 1. The standard InChI is InChI=1S/C12H18NO6P/c1-3-18-20(17,19-4-2)12(13,16)10-7-9(8-14)5-6-11(10)15/h5-8,15-16H,3-4,13H2,1-2H3/t12-/m1/s1. The molecule has 0 aliphatic rings. The van der Waals surface area contributed by atoms with Crippen LogP contribution in [-0.4, -0.2) is 29.7 Å². The summed E-state index contributed by atoms with van der Waals surface area (Å²) < 4.78 is 22.5. The first kappa shape index (κ1) is 16.8. The summed E-state index contributed by atoms with van der Waals surface area (Å²) in [6.07, 6.45) is 0.505. The highest BCUT2D eigenvalue weighted by molar-refractivity contribution is 7.54. The molecule has 1 aromatic carbocycles.